The van der Waals surface area contributed by atoms with Gasteiger partial charge in [0, 0.05) is 0 Å². The first-order chi connectivity index (χ1) is 7.61. The van der Waals surface area contributed by atoms with Gasteiger partial charge < -0.3 is 10.6 Å². The Morgan fingerprint density at radius 1 is 1.38 bits per heavy atom. The minimum Gasteiger partial charge on any atom is -0.369 e. The number of benzene rings is 1. The number of nitrogens with one attached hydrogen (secondary N) is 1. The molecule has 0 aliphatic carbocycles. The van der Waals surface area contributed by atoms with Crippen LogP contribution in [0.15, 0.2) is 30.3 Å². The Morgan fingerprint density at radius 3 is 2.56 bits per heavy atom. The van der Waals surface area contributed by atoms with E-state index in [4.69, 9.17) is 10.6 Å². The molecule has 0 radical (unpaired) electrons. The van der Waals surface area contributed by atoms with Crippen molar-refractivity contribution in [2.24, 2.45) is 11.7 Å². The average molecular weight is 222 g/mol. The summed E-state index contributed by atoms with van der Waals surface area (Å²) >= 11 is 0. The third-order valence-corrected chi connectivity index (χ3v) is 2.28. The molecule has 0 spiro atoms. The van der Waals surface area contributed by atoms with Gasteiger partial charge in [0.25, 0.3) is 0 Å². The summed E-state index contributed by atoms with van der Waals surface area (Å²) in [5.74, 6) is -0.350. The molecular weight excluding hydrogens is 204 g/mol. The van der Waals surface area contributed by atoms with Gasteiger partial charge in [-0.1, -0.05) is 44.2 Å². The maximum Gasteiger partial charge on any atom is 0.341 e. The minimum atomic E-state index is -0.580. The highest BCUT2D eigenvalue weighted by molar-refractivity contribution is 5.75. The van der Waals surface area contributed by atoms with E-state index in [0.29, 0.717) is 6.54 Å². The topological polar surface area (TPSA) is 64.4 Å². The highest BCUT2D eigenvalue weighted by Crippen LogP contribution is 2.00. The second-order valence-electron chi connectivity index (χ2n) is 4.00. The molecule has 16 heavy (non-hydrogen) atoms. The lowest BCUT2D eigenvalue weighted by Crippen LogP contribution is -2.39. The first kappa shape index (κ1) is 12.7. The molecule has 1 rings (SSSR count). The van der Waals surface area contributed by atoms with E-state index < -0.39 is 12.0 Å². The molecule has 0 amide bonds. The molecule has 0 heterocycles. The number of hydrogen-bond donors (Lipinski definition) is 2. The van der Waals surface area contributed by atoms with Crippen molar-refractivity contribution >= 4 is 5.97 Å². The zero-order valence-corrected chi connectivity index (χ0v) is 9.64. The Labute approximate surface area is 95.7 Å². The van der Waals surface area contributed by atoms with Crippen LogP contribution in [-0.4, -0.2) is 12.0 Å². The standard InChI is InChI=1S/C12H18N2O2/c1-9(2)11(13)12(15)16-14-8-10-6-4-3-5-7-10/h3-7,9,11,14H,8,13H2,1-2H3/t11-/m0/s1. The molecule has 1 atom stereocenters. The molecule has 0 saturated heterocycles. The average Bonchev–Trinajstić information content (AvgIpc) is 2.29. The van der Waals surface area contributed by atoms with Gasteiger partial charge >= 0.3 is 5.97 Å². The maximum absolute atomic E-state index is 11.4. The third-order valence-electron chi connectivity index (χ3n) is 2.28. The third kappa shape index (κ3) is 4.00. The van der Waals surface area contributed by atoms with Crippen LogP contribution in [0.3, 0.4) is 0 Å². The van der Waals surface area contributed by atoms with Gasteiger partial charge in [0.2, 0.25) is 0 Å². The van der Waals surface area contributed by atoms with Crippen LogP contribution in [0.5, 0.6) is 0 Å². The fourth-order valence-corrected chi connectivity index (χ4v) is 1.13. The van der Waals surface area contributed by atoms with Crippen molar-refractivity contribution in [3.63, 3.8) is 0 Å². The fraction of sp³-hybridized carbons (Fsp3) is 0.417. The molecular formula is C12H18N2O2. The summed E-state index contributed by atoms with van der Waals surface area (Å²) in [4.78, 5) is 16.2. The van der Waals surface area contributed by atoms with Crippen molar-refractivity contribution in [1.29, 1.82) is 0 Å². The van der Waals surface area contributed by atoms with E-state index in [1.807, 2.05) is 44.2 Å². The molecule has 0 aromatic heterocycles. The van der Waals surface area contributed by atoms with Crippen molar-refractivity contribution in [2.45, 2.75) is 26.4 Å². The summed E-state index contributed by atoms with van der Waals surface area (Å²) in [7, 11) is 0. The zero-order valence-electron chi connectivity index (χ0n) is 9.64. The van der Waals surface area contributed by atoms with E-state index in [2.05, 4.69) is 5.48 Å². The molecule has 0 unspecified atom stereocenters. The molecule has 1 aromatic carbocycles. The lowest BCUT2D eigenvalue weighted by Gasteiger charge is -2.14. The Kier molecular flexibility index (Phi) is 4.95. The van der Waals surface area contributed by atoms with E-state index in [9.17, 15) is 4.79 Å². The van der Waals surface area contributed by atoms with Crippen molar-refractivity contribution in [1.82, 2.24) is 5.48 Å². The van der Waals surface area contributed by atoms with E-state index in [1.54, 1.807) is 0 Å². The summed E-state index contributed by atoms with van der Waals surface area (Å²) in [6.07, 6.45) is 0. The Hall–Kier alpha value is -1.39. The molecule has 0 fully saturated rings. The molecule has 1 aromatic rings. The Bertz CT molecular complexity index is 325. The van der Waals surface area contributed by atoms with Crippen LogP contribution >= 0.6 is 0 Å². The molecule has 0 aliphatic rings. The van der Waals surface area contributed by atoms with E-state index in [0.717, 1.165) is 5.56 Å². The minimum absolute atomic E-state index is 0.0750. The van der Waals surface area contributed by atoms with Gasteiger partial charge in [0.1, 0.15) is 6.04 Å². The highest BCUT2D eigenvalue weighted by atomic mass is 16.7. The largest absolute Gasteiger partial charge is 0.369 e. The van der Waals surface area contributed by atoms with Gasteiger partial charge in [0.15, 0.2) is 0 Å². The predicted octanol–water partition coefficient (Wildman–Crippen LogP) is 1.22. The lowest BCUT2D eigenvalue weighted by atomic mass is 10.1. The molecule has 0 saturated carbocycles. The summed E-state index contributed by atoms with van der Waals surface area (Å²) in [6, 6.07) is 9.11. The maximum atomic E-state index is 11.4. The first-order valence-electron chi connectivity index (χ1n) is 5.34. The van der Waals surface area contributed by atoms with E-state index >= 15 is 0 Å². The monoisotopic (exact) mass is 222 g/mol. The van der Waals surface area contributed by atoms with Crippen LogP contribution in [0, 0.1) is 5.92 Å². The highest BCUT2D eigenvalue weighted by Gasteiger charge is 2.18. The molecule has 3 N–H and O–H groups in total. The van der Waals surface area contributed by atoms with E-state index in [-0.39, 0.29) is 5.92 Å². The van der Waals surface area contributed by atoms with Gasteiger partial charge in [-0.05, 0) is 11.5 Å². The van der Waals surface area contributed by atoms with Crippen LogP contribution in [0.4, 0.5) is 0 Å². The van der Waals surface area contributed by atoms with Gasteiger partial charge in [-0.2, -0.15) is 0 Å². The zero-order chi connectivity index (χ0) is 12.0. The summed E-state index contributed by atoms with van der Waals surface area (Å²) < 4.78 is 0. The summed E-state index contributed by atoms with van der Waals surface area (Å²) in [5, 5.41) is 0. The molecule has 88 valence electrons. The quantitative estimate of drug-likeness (QED) is 0.735. The number of hydrogen-bond acceptors (Lipinski definition) is 4. The van der Waals surface area contributed by atoms with E-state index in [1.165, 1.54) is 0 Å². The number of carbonyl (C=O) groups excluding carboxylic acids is 1. The fourth-order valence-electron chi connectivity index (χ4n) is 1.13. The number of nitrogens with two attached hydrogens (primary N) is 1. The predicted molar refractivity (Wildman–Crippen MR) is 62.2 cm³/mol. The van der Waals surface area contributed by atoms with Crippen LogP contribution < -0.4 is 11.2 Å². The molecule has 4 heteroatoms. The summed E-state index contributed by atoms with van der Waals surface area (Å²) in [6.45, 7) is 4.24. The summed E-state index contributed by atoms with van der Waals surface area (Å²) in [5.41, 5.74) is 9.28. The molecule has 0 aliphatic heterocycles. The molecule has 4 nitrogen and oxygen atoms in total. The first-order valence-corrected chi connectivity index (χ1v) is 5.34. The second-order valence-corrected chi connectivity index (χ2v) is 4.00. The van der Waals surface area contributed by atoms with Crippen LogP contribution in [0.2, 0.25) is 0 Å². The van der Waals surface area contributed by atoms with Crippen molar-refractivity contribution in [3.05, 3.63) is 35.9 Å². The SMILES string of the molecule is CC(C)[C@H](N)C(=O)ONCc1ccccc1. The van der Waals surface area contributed by atoms with Crippen molar-refractivity contribution < 1.29 is 9.63 Å². The Morgan fingerprint density at radius 2 is 2.00 bits per heavy atom. The number of carbonyl (C=O) groups is 1. The van der Waals surface area contributed by atoms with Crippen molar-refractivity contribution in [2.75, 3.05) is 0 Å². The second kappa shape index (κ2) is 6.25. The number of rotatable bonds is 5. The van der Waals surface area contributed by atoms with Gasteiger partial charge in [-0.3, -0.25) is 0 Å². The number of hydroxylamine groups is 1. The van der Waals surface area contributed by atoms with Crippen LogP contribution in [-0.2, 0) is 16.2 Å². The van der Waals surface area contributed by atoms with Crippen LogP contribution in [0.25, 0.3) is 0 Å². The van der Waals surface area contributed by atoms with Crippen molar-refractivity contribution in [3.8, 4) is 0 Å². The smallest absolute Gasteiger partial charge is 0.341 e. The van der Waals surface area contributed by atoms with Crippen LogP contribution in [0.1, 0.15) is 19.4 Å². The van der Waals surface area contributed by atoms with Gasteiger partial charge in [0.05, 0.1) is 6.54 Å². The molecule has 0 bridgehead atoms. The Balaban J connectivity index is 2.28. The van der Waals surface area contributed by atoms with Gasteiger partial charge in [-0.25, -0.2) is 4.79 Å². The van der Waals surface area contributed by atoms with Gasteiger partial charge in [-0.15, -0.1) is 5.48 Å². The normalized spacial score (nSPS) is 12.5. The lowest BCUT2D eigenvalue weighted by molar-refractivity contribution is -0.154.